The van der Waals surface area contributed by atoms with Crippen LogP contribution in [-0.2, 0) is 10.2 Å². The first-order chi connectivity index (χ1) is 10.7. The fraction of sp³-hybridized carbons (Fsp3) is 0.611. The van der Waals surface area contributed by atoms with E-state index in [1.54, 1.807) is 7.11 Å². The van der Waals surface area contributed by atoms with Crippen LogP contribution < -0.4 is 15.8 Å². The van der Waals surface area contributed by atoms with E-state index >= 15 is 0 Å². The standard InChI is InChI=1S/C18H26N2O2.ClH/c1-22-15-6-4-5-14(11-15)18(9-2-3-10-18)17(21)20-16(12-19)13-7-8-13;/h4-6,11,13,16H,2-3,7-10,12,19H2,1H3,(H,20,21);1H. The SMILES string of the molecule is COc1cccc(C2(C(=O)NC(CN)C3CC3)CCCC2)c1.Cl. The molecule has 4 nitrogen and oxygen atoms in total. The fourth-order valence-corrected chi connectivity index (χ4v) is 3.72. The zero-order chi connectivity index (χ0) is 15.6. The highest BCUT2D eigenvalue weighted by atomic mass is 35.5. The zero-order valence-corrected chi connectivity index (χ0v) is 14.5. The maximum atomic E-state index is 13.1. The number of nitrogens with two attached hydrogens (primary N) is 1. The number of carbonyl (C=O) groups is 1. The number of nitrogens with one attached hydrogen (secondary N) is 1. The van der Waals surface area contributed by atoms with Crippen LogP contribution in [0.2, 0.25) is 0 Å². The minimum absolute atomic E-state index is 0. The van der Waals surface area contributed by atoms with Crippen LogP contribution in [0.5, 0.6) is 5.75 Å². The van der Waals surface area contributed by atoms with Crippen molar-refractivity contribution in [2.75, 3.05) is 13.7 Å². The van der Waals surface area contributed by atoms with Crippen LogP contribution in [0.15, 0.2) is 24.3 Å². The van der Waals surface area contributed by atoms with Crippen molar-refractivity contribution in [3.05, 3.63) is 29.8 Å². The first kappa shape index (κ1) is 18.1. The molecule has 0 saturated heterocycles. The van der Waals surface area contributed by atoms with Gasteiger partial charge in [-0.2, -0.15) is 0 Å². The van der Waals surface area contributed by atoms with Crippen molar-refractivity contribution in [1.82, 2.24) is 5.32 Å². The number of hydrogen-bond donors (Lipinski definition) is 2. The van der Waals surface area contributed by atoms with Gasteiger partial charge in [0.25, 0.3) is 0 Å². The van der Waals surface area contributed by atoms with E-state index in [9.17, 15) is 4.79 Å². The van der Waals surface area contributed by atoms with E-state index in [-0.39, 0.29) is 24.4 Å². The van der Waals surface area contributed by atoms with Gasteiger partial charge >= 0.3 is 0 Å². The van der Waals surface area contributed by atoms with E-state index in [0.29, 0.717) is 12.5 Å². The molecule has 2 aliphatic rings. The Hall–Kier alpha value is -1.26. The summed E-state index contributed by atoms with van der Waals surface area (Å²) in [7, 11) is 1.66. The first-order valence-electron chi connectivity index (χ1n) is 8.35. The molecule has 2 saturated carbocycles. The normalized spacial score (nSPS) is 20.4. The first-order valence-corrected chi connectivity index (χ1v) is 8.35. The van der Waals surface area contributed by atoms with Gasteiger partial charge < -0.3 is 15.8 Å². The molecule has 1 aromatic carbocycles. The summed E-state index contributed by atoms with van der Waals surface area (Å²) in [6, 6.07) is 8.11. The fourth-order valence-electron chi connectivity index (χ4n) is 3.72. The Morgan fingerprint density at radius 2 is 2.09 bits per heavy atom. The number of methoxy groups -OCH3 is 1. The summed E-state index contributed by atoms with van der Waals surface area (Å²) in [5.41, 5.74) is 6.52. The minimum Gasteiger partial charge on any atom is -0.497 e. The molecule has 0 aliphatic heterocycles. The van der Waals surface area contributed by atoms with Crippen molar-refractivity contribution in [1.29, 1.82) is 0 Å². The molecule has 128 valence electrons. The zero-order valence-electron chi connectivity index (χ0n) is 13.7. The predicted octanol–water partition coefficient (Wildman–Crippen LogP) is 2.78. The van der Waals surface area contributed by atoms with Crippen LogP contribution >= 0.6 is 12.4 Å². The van der Waals surface area contributed by atoms with Gasteiger partial charge in [-0.25, -0.2) is 0 Å². The van der Waals surface area contributed by atoms with Gasteiger partial charge in [0.15, 0.2) is 0 Å². The van der Waals surface area contributed by atoms with Crippen LogP contribution in [0, 0.1) is 5.92 Å². The molecular formula is C18H27ClN2O2. The number of halogens is 1. The molecule has 0 aromatic heterocycles. The lowest BCUT2D eigenvalue weighted by Gasteiger charge is -2.31. The molecule has 23 heavy (non-hydrogen) atoms. The summed E-state index contributed by atoms with van der Waals surface area (Å²) < 4.78 is 5.34. The summed E-state index contributed by atoms with van der Waals surface area (Å²) in [4.78, 5) is 13.1. The quantitative estimate of drug-likeness (QED) is 0.838. The van der Waals surface area contributed by atoms with Crippen molar-refractivity contribution >= 4 is 18.3 Å². The molecule has 0 radical (unpaired) electrons. The Labute approximate surface area is 144 Å². The third-order valence-electron chi connectivity index (χ3n) is 5.28. The van der Waals surface area contributed by atoms with Crippen LogP contribution in [-0.4, -0.2) is 25.6 Å². The maximum absolute atomic E-state index is 13.1. The van der Waals surface area contributed by atoms with Crippen LogP contribution in [0.4, 0.5) is 0 Å². The summed E-state index contributed by atoms with van der Waals surface area (Å²) in [6.07, 6.45) is 6.40. The van der Waals surface area contributed by atoms with E-state index in [4.69, 9.17) is 10.5 Å². The van der Waals surface area contributed by atoms with Gasteiger partial charge in [0.1, 0.15) is 5.75 Å². The van der Waals surface area contributed by atoms with E-state index in [2.05, 4.69) is 11.4 Å². The molecule has 3 N–H and O–H groups in total. The van der Waals surface area contributed by atoms with Crippen LogP contribution in [0.25, 0.3) is 0 Å². The lowest BCUT2D eigenvalue weighted by molar-refractivity contribution is -0.127. The van der Waals surface area contributed by atoms with Crippen molar-refractivity contribution < 1.29 is 9.53 Å². The topological polar surface area (TPSA) is 64.3 Å². The largest absolute Gasteiger partial charge is 0.497 e. The molecule has 3 rings (SSSR count). The number of amides is 1. The van der Waals surface area contributed by atoms with E-state index in [0.717, 1.165) is 37.0 Å². The average Bonchev–Trinajstić information content (AvgIpc) is 3.28. The molecule has 0 bridgehead atoms. The van der Waals surface area contributed by atoms with Crippen molar-refractivity contribution in [3.8, 4) is 5.75 Å². The molecule has 2 fully saturated rings. The molecule has 0 heterocycles. The van der Waals surface area contributed by atoms with E-state index in [1.165, 1.54) is 12.8 Å². The van der Waals surface area contributed by atoms with Gasteiger partial charge in [-0.3, -0.25) is 4.79 Å². The Morgan fingerprint density at radius 1 is 1.39 bits per heavy atom. The van der Waals surface area contributed by atoms with E-state index < -0.39 is 5.41 Å². The third kappa shape index (κ3) is 3.64. The third-order valence-corrected chi connectivity index (χ3v) is 5.28. The van der Waals surface area contributed by atoms with Crippen molar-refractivity contribution in [2.45, 2.75) is 50.0 Å². The van der Waals surface area contributed by atoms with Crippen LogP contribution in [0.3, 0.4) is 0 Å². The van der Waals surface area contributed by atoms with Gasteiger partial charge in [0, 0.05) is 12.6 Å². The monoisotopic (exact) mass is 338 g/mol. The Morgan fingerprint density at radius 3 is 2.65 bits per heavy atom. The van der Waals surface area contributed by atoms with Gasteiger partial charge in [0.2, 0.25) is 5.91 Å². The molecule has 1 aromatic rings. The molecule has 2 aliphatic carbocycles. The smallest absolute Gasteiger partial charge is 0.230 e. The number of ether oxygens (including phenoxy) is 1. The summed E-state index contributed by atoms with van der Waals surface area (Å²) in [5, 5.41) is 3.24. The second-order valence-corrected chi connectivity index (χ2v) is 6.67. The second-order valence-electron chi connectivity index (χ2n) is 6.67. The highest BCUT2D eigenvalue weighted by Gasteiger charge is 2.44. The molecule has 1 amide bonds. The van der Waals surface area contributed by atoms with Crippen molar-refractivity contribution in [2.24, 2.45) is 11.7 Å². The van der Waals surface area contributed by atoms with Gasteiger partial charge in [-0.1, -0.05) is 25.0 Å². The van der Waals surface area contributed by atoms with Crippen molar-refractivity contribution in [3.63, 3.8) is 0 Å². The average molecular weight is 339 g/mol. The highest BCUT2D eigenvalue weighted by Crippen LogP contribution is 2.43. The summed E-state index contributed by atoms with van der Waals surface area (Å²) in [6.45, 7) is 0.532. The molecule has 0 spiro atoms. The number of benzene rings is 1. The number of rotatable bonds is 6. The molecular weight excluding hydrogens is 312 g/mol. The molecule has 5 heteroatoms. The molecule has 1 unspecified atom stereocenters. The lowest BCUT2D eigenvalue weighted by atomic mass is 9.77. The number of carbonyl (C=O) groups excluding carboxylic acids is 1. The minimum atomic E-state index is -0.406. The Bertz CT molecular complexity index is 540. The Kier molecular flexibility index (Phi) is 5.93. The van der Waals surface area contributed by atoms with Gasteiger partial charge in [0.05, 0.1) is 12.5 Å². The summed E-state index contributed by atoms with van der Waals surface area (Å²) >= 11 is 0. The summed E-state index contributed by atoms with van der Waals surface area (Å²) in [5.74, 6) is 1.55. The lowest BCUT2D eigenvalue weighted by Crippen LogP contribution is -2.50. The Balaban J connectivity index is 0.00000192. The van der Waals surface area contributed by atoms with Gasteiger partial charge in [-0.05, 0) is 49.3 Å². The van der Waals surface area contributed by atoms with Crippen LogP contribution in [0.1, 0.15) is 44.1 Å². The second kappa shape index (κ2) is 7.54. The van der Waals surface area contributed by atoms with E-state index in [1.807, 2.05) is 18.2 Å². The highest BCUT2D eigenvalue weighted by molar-refractivity contribution is 5.89. The van der Waals surface area contributed by atoms with Gasteiger partial charge in [-0.15, -0.1) is 12.4 Å². The predicted molar refractivity (Wildman–Crippen MR) is 94.1 cm³/mol. The maximum Gasteiger partial charge on any atom is 0.230 e. The number of hydrogen-bond acceptors (Lipinski definition) is 3. The molecule has 1 atom stereocenters.